The van der Waals surface area contributed by atoms with Gasteiger partial charge in [0.2, 0.25) is 0 Å². The number of carbonyl (C=O) groups is 1. The van der Waals surface area contributed by atoms with E-state index in [2.05, 4.69) is 11.8 Å². The molecule has 0 saturated carbocycles. The Morgan fingerprint density at radius 3 is 2.76 bits per heavy atom. The molecule has 0 bridgehead atoms. The van der Waals surface area contributed by atoms with Crippen molar-refractivity contribution in [1.82, 2.24) is 4.90 Å². The van der Waals surface area contributed by atoms with Crippen molar-refractivity contribution in [3.05, 3.63) is 34.9 Å². The highest BCUT2D eigenvalue weighted by Crippen LogP contribution is 2.15. The van der Waals surface area contributed by atoms with Crippen LogP contribution in [0, 0.1) is 18.8 Å². The molecule has 0 aliphatic carbocycles. The van der Waals surface area contributed by atoms with Crippen LogP contribution in [0.15, 0.2) is 18.2 Å². The number of carbonyl (C=O) groups excluding carboxylic acids is 1. The van der Waals surface area contributed by atoms with Gasteiger partial charge in [-0.3, -0.25) is 4.79 Å². The lowest BCUT2D eigenvalue weighted by molar-refractivity contribution is 0.0668. The van der Waals surface area contributed by atoms with E-state index in [0.29, 0.717) is 38.4 Å². The Kier molecular flexibility index (Phi) is 7.52. The summed E-state index contributed by atoms with van der Waals surface area (Å²) >= 11 is 0. The summed E-state index contributed by atoms with van der Waals surface area (Å²) in [6, 6.07) is 5.61. The number of nitrogens with zero attached hydrogens (tertiary/aromatic N) is 1. The van der Waals surface area contributed by atoms with Crippen LogP contribution in [0.1, 0.15) is 35.3 Å². The van der Waals surface area contributed by atoms with Crippen molar-refractivity contribution in [3.8, 4) is 11.8 Å². The van der Waals surface area contributed by atoms with E-state index < -0.39 is 0 Å². The molecular formula is C17H24N2O2. The first-order valence-electron chi connectivity index (χ1n) is 7.31. The Hall–Kier alpha value is -1.83. The molecule has 0 radical (unpaired) electrons. The van der Waals surface area contributed by atoms with Crippen molar-refractivity contribution in [2.45, 2.75) is 20.8 Å². The number of likely N-dealkylation sites (N-methyl/N-ethyl adjacent to an activating group) is 1. The zero-order valence-corrected chi connectivity index (χ0v) is 13.1. The van der Waals surface area contributed by atoms with Crippen molar-refractivity contribution in [1.29, 1.82) is 0 Å². The smallest absolute Gasteiger partial charge is 0.254 e. The van der Waals surface area contributed by atoms with E-state index in [1.54, 1.807) is 4.90 Å². The van der Waals surface area contributed by atoms with Gasteiger partial charge in [-0.05, 0) is 38.5 Å². The second-order valence-corrected chi connectivity index (χ2v) is 4.57. The number of benzene rings is 1. The van der Waals surface area contributed by atoms with Crippen molar-refractivity contribution in [2.24, 2.45) is 5.73 Å². The van der Waals surface area contributed by atoms with E-state index in [1.807, 2.05) is 39.0 Å². The highest BCUT2D eigenvalue weighted by Gasteiger charge is 2.17. The van der Waals surface area contributed by atoms with Gasteiger partial charge in [0, 0.05) is 30.8 Å². The van der Waals surface area contributed by atoms with Gasteiger partial charge in [-0.1, -0.05) is 17.9 Å². The fourth-order valence-corrected chi connectivity index (χ4v) is 2.04. The van der Waals surface area contributed by atoms with Gasteiger partial charge in [0.05, 0.1) is 13.2 Å². The Balaban J connectivity index is 2.95. The predicted octanol–water partition coefficient (Wildman–Crippen LogP) is 1.80. The van der Waals surface area contributed by atoms with Crippen LogP contribution >= 0.6 is 0 Å². The molecule has 21 heavy (non-hydrogen) atoms. The van der Waals surface area contributed by atoms with Crippen molar-refractivity contribution in [3.63, 3.8) is 0 Å². The van der Waals surface area contributed by atoms with Gasteiger partial charge in [-0.25, -0.2) is 0 Å². The minimum atomic E-state index is 0.0195. The summed E-state index contributed by atoms with van der Waals surface area (Å²) in [5.41, 5.74) is 7.85. The third kappa shape index (κ3) is 4.89. The number of hydrogen-bond acceptors (Lipinski definition) is 3. The second kappa shape index (κ2) is 9.17. The summed E-state index contributed by atoms with van der Waals surface area (Å²) in [5, 5.41) is 0. The van der Waals surface area contributed by atoms with E-state index in [-0.39, 0.29) is 5.91 Å². The summed E-state index contributed by atoms with van der Waals surface area (Å²) in [6.45, 7) is 8.62. The molecule has 0 aliphatic heterocycles. The molecule has 0 aromatic heterocycles. The largest absolute Gasteiger partial charge is 0.380 e. The molecule has 0 aliphatic rings. The molecule has 114 valence electrons. The average molecular weight is 288 g/mol. The maximum absolute atomic E-state index is 12.6. The van der Waals surface area contributed by atoms with Gasteiger partial charge in [-0.2, -0.15) is 0 Å². The quantitative estimate of drug-likeness (QED) is 0.641. The van der Waals surface area contributed by atoms with Crippen LogP contribution < -0.4 is 5.73 Å². The Labute approximate surface area is 127 Å². The van der Waals surface area contributed by atoms with Crippen LogP contribution in [0.25, 0.3) is 0 Å². The van der Waals surface area contributed by atoms with Crippen molar-refractivity contribution in [2.75, 3.05) is 32.8 Å². The fourth-order valence-electron chi connectivity index (χ4n) is 2.04. The van der Waals surface area contributed by atoms with Gasteiger partial charge in [0.1, 0.15) is 0 Å². The first-order valence-corrected chi connectivity index (χ1v) is 7.31. The van der Waals surface area contributed by atoms with Crippen molar-refractivity contribution < 1.29 is 9.53 Å². The van der Waals surface area contributed by atoms with Gasteiger partial charge in [-0.15, -0.1) is 0 Å². The molecule has 0 heterocycles. The van der Waals surface area contributed by atoms with Gasteiger partial charge in [0.25, 0.3) is 5.91 Å². The maximum atomic E-state index is 12.6. The molecule has 0 atom stereocenters. The van der Waals surface area contributed by atoms with E-state index >= 15 is 0 Å². The summed E-state index contributed by atoms with van der Waals surface area (Å²) < 4.78 is 5.33. The first-order chi connectivity index (χ1) is 10.2. The van der Waals surface area contributed by atoms with Crippen molar-refractivity contribution >= 4 is 5.91 Å². The molecular weight excluding hydrogens is 264 g/mol. The molecule has 4 heteroatoms. The SMILES string of the molecule is CCOCCN(CC)C(=O)c1cccc(C#CCN)c1C. The van der Waals surface area contributed by atoms with Crippen LogP contribution in [0.3, 0.4) is 0 Å². The molecule has 1 aromatic rings. The summed E-state index contributed by atoms with van der Waals surface area (Å²) in [6.07, 6.45) is 0. The summed E-state index contributed by atoms with van der Waals surface area (Å²) in [5.74, 6) is 5.86. The van der Waals surface area contributed by atoms with Crippen LogP contribution in [-0.4, -0.2) is 43.7 Å². The molecule has 1 amide bonds. The molecule has 0 unspecified atom stereocenters. The highest BCUT2D eigenvalue weighted by atomic mass is 16.5. The van der Waals surface area contributed by atoms with Crippen LogP contribution in [0.2, 0.25) is 0 Å². The minimum Gasteiger partial charge on any atom is -0.380 e. The zero-order chi connectivity index (χ0) is 15.7. The topological polar surface area (TPSA) is 55.6 Å². The average Bonchev–Trinajstić information content (AvgIpc) is 2.50. The summed E-state index contributed by atoms with van der Waals surface area (Å²) in [4.78, 5) is 14.4. The minimum absolute atomic E-state index is 0.0195. The van der Waals surface area contributed by atoms with Crippen LogP contribution in [0.5, 0.6) is 0 Å². The zero-order valence-electron chi connectivity index (χ0n) is 13.1. The second-order valence-electron chi connectivity index (χ2n) is 4.57. The molecule has 0 spiro atoms. The molecule has 1 rings (SSSR count). The Bertz CT molecular complexity index is 529. The molecule has 0 saturated heterocycles. The third-order valence-electron chi connectivity index (χ3n) is 3.27. The lowest BCUT2D eigenvalue weighted by Crippen LogP contribution is -2.34. The normalized spacial score (nSPS) is 9.90. The molecule has 4 nitrogen and oxygen atoms in total. The Morgan fingerprint density at radius 2 is 2.14 bits per heavy atom. The lowest BCUT2D eigenvalue weighted by atomic mass is 10.0. The number of ether oxygens (including phenoxy) is 1. The fraction of sp³-hybridized carbons (Fsp3) is 0.471. The number of hydrogen-bond donors (Lipinski definition) is 1. The number of rotatable bonds is 6. The summed E-state index contributed by atoms with van der Waals surface area (Å²) in [7, 11) is 0. The first kappa shape index (κ1) is 17.2. The van der Waals surface area contributed by atoms with Crippen LogP contribution in [0.4, 0.5) is 0 Å². The van der Waals surface area contributed by atoms with E-state index in [1.165, 1.54) is 0 Å². The molecule has 1 aromatic carbocycles. The molecule has 2 N–H and O–H groups in total. The van der Waals surface area contributed by atoms with Gasteiger partial charge >= 0.3 is 0 Å². The van der Waals surface area contributed by atoms with Gasteiger partial charge < -0.3 is 15.4 Å². The number of amides is 1. The lowest BCUT2D eigenvalue weighted by Gasteiger charge is -2.22. The monoisotopic (exact) mass is 288 g/mol. The highest BCUT2D eigenvalue weighted by molar-refractivity contribution is 5.96. The Morgan fingerprint density at radius 1 is 1.38 bits per heavy atom. The van der Waals surface area contributed by atoms with E-state index in [4.69, 9.17) is 10.5 Å². The standard InChI is InChI=1S/C17H24N2O2/c1-4-19(12-13-21-5-2)17(20)16-10-6-8-15(14(16)3)9-7-11-18/h6,8,10H,4-5,11-13,18H2,1-3H3. The predicted molar refractivity (Wildman–Crippen MR) is 85.2 cm³/mol. The van der Waals surface area contributed by atoms with Gasteiger partial charge in [0.15, 0.2) is 0 Å². The van der Waals surface area contributed by atoms with E-state index in [0.717, 1.165) is 11.1 Å². The van der Waals surface area contributed by atoms with Crippen LogP contribution in [-0.2, 0) is 4.74 Å². The third-order valence-corrected chi connectivity index (χ3v) is 3.27. The van der Waals surface area contributed by atoms with E-state index in [9.17, 15) is 4.79 Å². The number of nitrogens with two attached hydrogens (primary N) is 1. The molecule has 0 fully saturated rings. The maximum Gasteiger partial charge on any atom is 0.254 e.